The van der Waals surface area contributed by atoms with Crippen LogP contribution in [0.2, 0.25) is 0 Å². The molecule has 3 atom stereocenters. The van der Waals surface area contributed by atoms with Crippen LogP contribution in [0.1, 0.15) is 32.1 Å². The van der Waals surface area contributed by atoms with Gasteiger partial charge in [-0.3, -0.25) is 20.0 Å². The number of fused-ring (bicyclic) bond motifs is 4. The van der Waals surface area contributed by atoms with Gasteiger partial charge in [0.15, 0.2) is 5.82 Å². The number of nitriles is 1. The Morgan fingerprint density at radius 3 is 2.85 bits per heavy atom. The predicted octanol–water partition coefficient (Wildman–Crippen LogP) is 4.21. The third-order valence-electron chi connectivity index (χ3n) is 7.23. The summed E-state index contributed by atoms with van der Waals surface area (Å²) in [4.78, 5) is 16.2. The Morgan fingerprint density at radius 1 is 1.12 bits per heavy atom. The summed E-state index contributed by atoms with van der Waals surface area (Å²) in [5.41, 5.74) is 1.76. The molecule has 4 aromatic rings. The van der Waals surface area contributed by atoms with Crippen LogP contribution in [0.4, 0.5) is 17.5 Å². The number of piperidine rings is 1. The van der Waals surface area contributed by atoms with Gasteiger partial charge in [0.25, 0.3) is 0 Å². The van der Waals surface area contributed by atoms with E-state index in [1.54, 1.807) is 18.6 Å². The van der Waals surface area contributed by atoms with E-state index >= 15 is 0 Å². The van der Waals surface area contributed by atoms with Gasteiger partial charge in [0.05, 0.1) is 23.3 Å². The van der Waals surface area contributed by atoms with Crippen molar-refractivity contribution in [3.05, 3.63) is 42.9 Å². The number of rotatable bonds is 7. The van der Waals surface area contributed by atoms with Crippen LogP contribution >= 0.6 is 0 Å². The standard InChI is InChI=1S/C25H27N9/c26-7-2-10-34-17-4-5-18(34)12-16(11-17)14-29-24-19-3-1-8-28-21(19)13-23(30-24)31-25-20-6-9-27-15-22(20)32-33-25/h1,3,6,8-9,13,15-18H,2,4-5,10-12,14H2,(H3,29,30,31,32,33)/t16-,17-,18+. The molecule has 34 heavy (non-hydrogen) atoms. The van der Waals surface area contributed by atoms with Crippen molar-refractivity contribution in [1.82, 2.24) is 30.0 Å². The minimum absolute atomic E-state index is 0.601. The van der Waals surface area contributed by atoms with E-state index in [1.165, 1.54) is 25.7 Å². The molecule has 0 aromatic carbocycles. The molecule has 0 unspecified atom stereocenters. The lowest BCUT2D eigenvalue weighted by Gasteiger charge is -2.38. The first-order valence-corrected chi connectivity index (χ1v) is 12.0. The highest BCUT2D eigenvalue weighted by atomic mass is 15.2. The van der Waals surface area contributed by atoms with Gasteiger partial charge in [-0.25, -0.2) is 4.98 Å². The second-order valence-electron chi connectivity index (χ2n) is 9.29. The van der Waals surface area contributed by atoms with Crippen LogP contribution in [0.5, 0.6) is 0 Å². The van der Waals surface area contributed by atoms with Gasteiger partial charge in [0.2, 0.25) is 0 Å². The van der Waals surface area contributed by atoms with Crippen LogP contribution in [-0.2, 0) is 0 Å². The average molecular weight is 454 g/mol. The van der Waals surface area contributed by atoms with Crippen molar-refractivity contribution >= 4 is 39.3 Å². The van der Waals surface area contributed by atoms with Crippen molar-refractivity contribution in [3.63, 3.8) is 0 Å². The minimum atomic E-state index is 0.601. The monoisotopic (exact) mass is 453 g/mol. The number of H-pyrrole nitrogens is 1. The zero-order chi connectivity index (χ0) is 22.9. The van der Waals surface area contributed by atoms with Crippen molar-refractivity contribution in [2.45, 2.75) is 44.2 Å². The van der Waals surface area contributed by atoms with Crippen LogP contribution in [0.25, 0.3) is 21.8 Å². The molecule has 0 aliphatic carbocycles. The third kappa shape index (κ3) is 3.90. The van der Waals surface area contributed by atoms with E-state index in [0.29, 0.717) is 36.1 Å². The maximum Gasteiger partial charge on any atom is 0.161 e. The maximum absolute atomic E-state index is 8.98. The molecule has 4 aromatic heterocycles. The van der Waals surface area contributed by atoms with E-state index in [-0.39, 0.29) is 0 Å². The Morgan fingerprint density at radius 2 is 2.00 bits per heavy atom. The first kappa shape index (κ1) is 20.8. The first-order chi connectivity index (χ1) is 16.8. The quantitative estimate of drug-likeness (QED) is 0.381. The molecule has 2 fully saturated rings. The van der Waals surface area contributed by atoms with Gasteiger partial charge in [0, 0.05) is 60.8 Å². The number of aromatic nitrogens is 5. The van der Waals surface area contributed by atoms with Crippen LogP contribution in [0.15, 0.2) is 42.9 Å². The smallest absolute Gasteiger partial charge is 0.161 e. The second kappa shape index (κ2) is 8.88. The molecule has 6 heterocycles. The van der Waals surface area contributed by atoms with Gasteiger partial charge in [-0.1, -0.05) is 0 Å². The van der Waals surface area contributed by atoms with Crippen molar-refractivity contribution in [1.29, 1.82) is 5.26 Å². The molecule has 6 rings (SSSR count). The lowest BCUT2D eigenvalue weighted by Crippen LogP contribution is -2.44. The number of hydrogen-bond acceptors (Lipinski definition) is 8. The molecule has 2 bridgehead atoms. The third-order valence-corrected chi connectivity index (χ3v) is 7.23. The molecule has 172 valence electrons. The average Bonchev–Trinajstić information content (AvgIpc) is 3.37. The number of hydrogen-bond donors (Lipinski definition) is 3. The molecular weight excluding hydrogens is 426 g/mol. The highest BCUT2D eigenvalue weighted by molar-refractivity contribution is 5.94. The fourth-order valence-corrected chi connectivity index (χ4v) is 5.70. The summed E-state index contributed by atoms with van der Waals surface area (Å²) in [6.45, 7) is 1.80. The highest BCUT2D eigenvalue weighted by Crippen LogP contribution is 2.39. The number of nitrogens with one attached hydrogen (secondary N) is 3. The molecule has 0 radical (unpaired) electrons. The molecule has 2 saturated heterocycles. The fraction of sp³-hybridized carbons (Fsp3) is 0.400. The summed E-state index contributed by atoms with van der Waals surface area (Å²) in [6.07, 6.45) is 10.8. The first-order valence-electron chi connectivity index (χ1n) is 12.0. The SMILES string of the molecule is N#CCCN1[C@@H]2CC[C@H]1C[C@H](CNc1nc(Nc3n[nH]c4cnccc34)cc3ncccc13)C2. The highest BCUT2D eigenvalue weighted by Gasteiger charge is 2.40. The molecular formula is C25H27N9. The fourth-order valence-electron chi connectivity index (χ4n) is 5.70. The largest absolute Gasteiger partial charge is 0.369 e. The normalized spacial score (nSPS) is 22.1. The lowest BCUT2D eigenvalue weighted by molar-refractivity contribution is 0.110. The van der Waals surface area contributed by atoms with Crippen LogP contribution < -0.4 is 10.6 Å². The number of pyridine rings is 3. The summed E-state index contributed by atoms with van der Waals surface area (Å²) < 4.78 is 0. The molecule has 9 heteroatoms. The topological polar surface area (TPSA) is 118 Å². The number of anilines is 3. The summed E-state index contributed by atoms with van der Waals surface area (Å²) in [5.74, 6) is 2.86. The van der Waals surface area contributed by atoms with Gasteiger partial charge in [-0.15, -0.1) is 0 Å². The van der Waals surface area contributed by atoms with Crippen molar-refractivity contribution < 1.29 is 0 Å². The molecule has 2 aliphatic rings. The summed E-state index contributed by atoms with van der Waals surface area (Å²) in [7, 11) is 0. The summed E-state index contributed by atoms with van der Waals surface area (Å²) in [5, 5.41) is 25.3. The Kier molecular flexibility index (Phi) is 5.43. The van der Waals surface area contributed by atoms with E-state index in [1.807, 2.05) is 18.2 Å². The van der Waals surface area contributed by atoms with Crippen LogP contribution in [0, 0.1) is 17.2 Å². The molecule has 0 amide bonds. The summed E-state index contributed by atoms with van der Waals surface area (Å²) >= 11 is 0. The Balaban J connectivity index is 1.21. The molecule has 9 nitrogen and oxygen atoms in total. The van der Waals surface area contributed by atoms with Crippen LogP contribution in [-0.4, -0.2) is 55.2 Å². The minimum Gasteiger partial charge on any atom is -0.369 e. The maximum atomic E-state index is 8.98. The van der Waals surface area contributed by atoms with Gasteiger partial charge in [-0.05, 0) is 49.8 Å². The lowest BCUT2D eigenvalue weighted by atomic mass is 9.90. The van der Waals surface area contributed by atoms with Crippen molar-refractivity contribution in [2.75, 3.05) is 23.7 Å². The second-order valence-corrected chi connectivity index (χ2v) is 9.29. The number of nitrogens with zero attached hydrogens (tertiary/aromatic N) is 6. The zero-order valence-electron chi connectivity index (χ0n) is 18.9. The molecule has 0 saturated carbocycles. The zero-order valence-corrected chi connectivity index (χ0v) is 18.9. The molecule has 2 aliphatic heterocycles. The van der Waals surface area contributed by atoms with Crippen molar-refractivity contribution in [3.8, 4) is 6.07 Å². The van der Waals surface area contributed by atoms with E-state index in [4.69, 9.17) is 10.2 Å². The van der Waals surface area contributed by atoms with E-state index in [9.17, 15) is 0 Å². The van der Waals surface area contributed by atoms with Crippen molar-refractivity contribution in [2.24, 2.45) is 5.92 Å². The molecule has 0 spiro atoms. The Bertz CT molecular complexity index is 1340. The molecule has 3 N–H and O–H groups in total. The van der Waals surface area contributed by atoms with Crippen LogP contribution in [0.3, 0.4) is 0 Å². The van der Waals surface area contributed by atoms with Gasteiger partial charge in [-0.2, -0.15) is 10.4 Å². The Hall–Kier alpha value is -3.77. The van der Waals surface area contributed by atoms with Gasteiger partial charge < -0.3 is 10.6 Å². The Labute approximate surface area is 197 Å². The predicted molar refractivity (Wildman–Crippen MR) is 132 cm³/mol. The van der Waals surface area contributed by atoms with Gasteiger partial charge >= 0.3 is 0 Å². The summed E-state index contributed by atoms with van der Waals surface area (Å²) in [6, 6.07) is 11.4. The van der Waals surface area contributed by atoms with E-state index < -0.39 is 0 Å². The van der Waals surface area contributed by atoms with E-state index in [2.05, 4.69) is 47.8 Å². The van der Waals surface area contributed by atoms with E-state index in [0.717, 1.165) is 40.7 Å². The van der Waals surface area contributed by atoms with Gasteiger partial charge in [0.1, 0.15) is 11.6 Å². The number of aromatic amines is 1.